The van der Waals surface area contributed by atoms with Crippen LogP contribution in [0.5, 0.6) is 0 Å². The van der Waals surface area contributed by atoms with Gasteiger partial charge >= 0.3 is 0 Å². The normalized spacial score (nSPS) is 10.7. The van der Waals surface area contributed by atoms with Gasteiger partial charge in [-0.2, -0.15) is 4.98 Å². The lowest BCUT2D eigenvalue weighted by atomic mass is 10.2. The Balaban J connectivity index is 1.69. The number of benzene rings is 1. The molecule has 0 saturated carbocycles. The summed E-state index contributed by atoms with van der Waals surface area (Å²) in [5.74, 6) is 1.76. The highest BCUT2D eigenvalue weighted by Crippen LogP contribution is 2.22. The van der Waals surface area contributed by atoms with Gasteiger partial charge in [0, 0.05) is 16.8 Å². The summed E-state index contributed by atoms with van der Waals surface area (Å²) in [4.78, 5) is 8.59. The zero-order valence-corrected chi connectivity index (χ0v) is 11.9. The van der Waals surface area contributed by atoms with Crippen molar-refractivity contribution < 1.29 is 4.52 Å². The summed E-state index contributed by atoms with van der Waals surface area (Å²) >= 11 is 7.41. The van der Waals surface area contributed by atoms with Gasteiger partial charge in [0.15, 0.2) is 5.82 Å². The van der Waals surface area contributed by atoms with E-state index in [9.17, 15) is 0 Å². The first-order chi connectivity index (χ1) is 9.81. The van der Waals surface area contributed by atoms with Gasteiger partial charge in [0.25, 0.3) is 5.89 Å². The van der Waals surface area contributed by atoms with Crippen molar-refractivity contribution in [2.24, 2.45) is 0 Å². The van der Waals surface area contributed by atoms with Crippen LogP contribution in [0, 0.1) is 0 Å². The van der Waals surface area contributed by atoms with E-state index in [2.05, 4.69) is 15.1 Å². The van der Waals surface area contributed by atoms with Crippen LogP contribution in [0.25, 0.3) is 11.5 Å². The molecular formula is C14H10ClN3OS. The number of pyridine rings is 1. The molecule has 6 heteroatoms. The van der Waals surface area contributed by atoms with Crippen LogP contribution in [-0.2, 0) is 5.75 Å². The zero-order valence-electron chi connectivity index (χ0n) is 10.4. The molecule has 0 unspecified atom stereocenters. The molecule has 3 aromatic rings. The molecule has 0 spiro atoms. The first kappa shape index (κ1) is 13.1. The molecule has 0 bridgehead atoms. The SMILES string of the molecule is Clc1ccc(-c2nc(CSc3ccccn3)no2)cc1. The topological polar surface area (TPSA) is 51.8 Å². The van der Waals surface area contributed by atoms with Crippen LogP contribution in [0.1, 0.15) is 5.82 Å². The first-order valence-electron chi connectivity index (χ1n) is 5.93. The minimum Gasteiger partial charge on any atom is -0.334 e. The third-order valence-electron chi connectivity index (χ3n) is 2.55. The number of aromatic nitrogens is 3. The lowest BCUT2D eigenvalue weighted by molar-refractivity contribution is 0.425. The van der Waals surface area contributed by atoms with Gasteiger partial charge in [0.2, 0.25) is 0 Å². The van der Waals surface area contributed by atoms with E-state index in [0.717, 1.165) is 10.6 Å². The summed E-state index contributed by atoms with van der Waals surface area (Å²) in [6, 6.07) is 13.1. The van der Waals surface area contributed by atoms with Crippen LogP contribution in [0.2, 0.25) is 5.02 Å². The van der Waals surface area contributed by atoms with Crippen molar-refractivity contribution in [1.82, 2.24) is 15.1 Å². The lowest BCUT2D eigenvalue weighted by Gasteiger charge is -1.95. The zero-order chi connectivity index (χ0) is 13.8. The van der Waals surface area contributed by atoms with E-state index >= 15 is 0 Å². The van der Waals surface area contributed by atoms with Gasteiger partial charge in [0.05, 0.1) is 10.8 Å². The van der Waals surface area contributed by atoms with E-state index in [1.165, 1.54) is 0 Å². The molecule has 100 valence electrons. The van der Waals surface area contributed by atoms with Gasteiger partial charge in [-0.05, 0) is 36.4 Å². The summed E-state index contributed by atoms with van der Waals surface area (Å²) in [7, 11) is 0. The molecule has 0 aliphatic rings. The largest absolute Gasteiger partial charge is 0.334 e. The second-order valence-electron chi connectivity index (χ2n) is 3.98. The molecule has 0 saturated heterocycles. The molecule has 2 heterocycles. The van der Waals surface area contributed by atoms with Crippen molar-refractivity contribution in [1.29, 1.82) is 0 Å². The molecule has 0 fully saturated rings. The Bertz CT molecular complexity index is 685. The number of hydrogen-bond acceptors (Lipinski definition) is 5. The van der Waals surface area contributed by atoms with E-state index in [1.54, 1.807) is 30.1 Å². The standard InChI is InChI=1S/C14H10ClN3OS/c15-11-6-4-10(5-7-11)14-17-12(18-19-14)9-20-13-3-1-2-8-16-13/h1-8H,9H2. The maximum atomic E-state index is 5.84. The lowest BCUT2D eigenvalue weighted by Crippen LogP contribution is -1.85. The van der Waals surface area contributed by atoms with Crippen molar-refractivity contribution in [3.8, 4) is 11.5 Å². The van der Waals surface area contributed by atoms with Crippen molar-refractivity contribution in [3.05, 3.63) is 59.5 Å². The average molecular weight is 304 g/mol. The van der Waals surface area contributed by atoms with Gasteiger partial charge in [-0.3, -0.25) is 0 Å². The van der Waals surface area contributed by atoms with Crippen molar-refractivity contribution in [3.63, 3.8) is 0 Å². The molecule has 4 nitrogen and oxygen atoms in total. The smallest absolute Gasteiger partial charge is 0.257 e. The van der Waals surface area contributed by atoms with Crippen molar-refractivity contribution >= 4 is 23.4 Å². The predicted octanol–water partition coefficient (Wildman–Crippen LogP) is 4.08. The molecule has 0 amide bonds. The maximum absolute atomic E-state index is 5.84. The second kappa shape index (κ2) is 6.07. The van der Waals surface area contributed by atoms with Crippen LogP contribution >= 0.6 is 23.4 Å². The van der Waals surface area contributed by atoms with Gasteiger partial charge in [0.1, 0.15) is 0 Å². The molecule has 20 heavy (non-hydrogen) atoms. The van der Waals surface area contributed by atoms with E-state index in [-0.39, 0.29) is 0 Å². The quantitative estimate of drug-likeness (QED) is 0.680. The Morgan fingerprint density at radius 3 is 2.70 bits per heavy atom. The average Bonchev–Trinajstić information content (AvgIpc) is 2.96. The molecular weight excluding hydrogens is 294 g/mol. The van der Waals surface area contributed by atoms with Crippen LogP contribution in [-0.4, -0.2) is 15.1 Å². The summed E-state index contributed by atoms with van der Waals surface area (Å²) in [5, 5.41) is 5.58. The number of nitrogens with zero attached hydrogens (tertiary/aromatic N) is 3. The number of halogens is 1. The molecule has 0 N–H and O–H groups in total. The Morgan fingerprint density at radius 2 is 1.95 bits per heavy atom. The third-order valence-corrected chi connectivity index (χ3v) is 3.74. The Kier molecular flexibility index (Phi) is 3.99. The highest BCUT2D eigenvalue weighted by Gasteiger charge is 2.09. The monoisotopic (exact) mass is 303 g/mol. The summed E-state index contributed by atoms with van der Waals surface area (Å²) < 4.78 is 5.24. The van der Waals surface area contributed by atoms with Gasteiger partial charge in [-0.25, -0.2) is 4.98 Å². The fourth-order valence-electron chi connectivity index (χ4n) is 1.59. The molecule has 0 aliphatic carbocycles. The van der Waals surface area contributed by atoms with E-state index < -0.39 is 0 Å². The highest BCUT2D eigenvalue weighted by molar-refractivity contribution is 7.98. The van der Waals surface area contributed by atoms with E-state index in [0.29, 0.717) is 22.5 Å². The number of hydrogen-bond donors (Lipinski definition) is 0. The fourth-order valence-corrected chi connectivity index (χ4v) is 2.42. The number of rotatable bonds is 4. The molecule has 3 rings (SSSR count). The molecule has 0 atom stereocenters. The van der Waals surface area contributed by atoms with Gasteiger partial charge < -0.3 is 4.52 Å². The predicted molar refractivity (Wildman–Crippen MR) is 78.5 cm³/mol. The summed E-state index contributed by atoms with van der Waals surface area (Å²) in [6.07, 6.45) is 1.76. The number of thioether (sulfide) groups is 1. The van der Waals surface area contributed by atoms with Crippen LogP contribution in [0.3, 0.4) is 0 Å². The third kappa shape index (κ3) is 3.18. The molecule has 1 aromatic carbocycles. The fraction of sp³-hybridized carbons (Fsp3) is 0.0714. The first-order valence-corrected chi connectivity index (χ1v) is 7.30. The Hall–Kier alpha value is -1.85. The van der Waals surface area contributed by atoms with Crippen LogP contribution in [0.15, 0.2) is 58.2 Å². The highest BCUT2D eigenvalue weighted by atomic mass is 35.5. The van der Waals surface area contributed by atoms with Gasteiger partial charge in [-0.15, -0.1) is 0 Å². The van der Waals surface area contributed by atoms with Crippen molar-refractivity contribution in [2.75, 3.05) is 0 Å². The van der Waals surface area contributed by atoms with Crippen LogP contribution < -0.4 is 0 Å². The van der Waals surface area contributed by atoms with Gasteiger partial charge in [-0.1, -0.05) is 34.6 Å². The Labute approximate surface area is 125 Å². The molecule has 0 aliphatic heterocycles. The minimum atomic E-state index is 0.498. The minimum absolute atomic E-state index is 0.498. The maximum Gasteiger partial charge on any atom is 0.257 e. The van der Waals surface area contributed by atoms with E-state index in [4.69, 9.17) is 16.1 Å². The summed E-state index contributed by atoms with van der Waals surface area (Å²) in [6.45, 7) is 0. The second-order valence-corrected chi connectivity index (χ2v) is 5.41. The van der Waals surface area contributed by atoms with Crippen LogP contribution in [0.4, 0.5) is 0 Å². The molecule has 2 aromatic heterocycles. The van der Waals surface area contributed by atoms with E-state index in [1.807, 2.05) is 30.3 Å². The van der Waals surface area contributed by atoms with Crippen molar-refractivity contribution in [2.45, 2.75) is 10.8 Å². The Morgan fingerprint density at radius 1 is 1.10 bits per heavy atom. The summed E-state index contributed by atoms with van der Waals surface area (Å²) in [5.41, 5.74) is 0.857. The molecule has 0 radical (unpaired) electrons.